The highest BCUT2D eigenvalue weighted by atomic mass is 31.2. The van der Waals surface area contributed by atoms with Crippen molar-refractivity contribution in [3.8, 4) is 0 Å². The van der Waals surface area contributed by atoms with Crippen LogP contribution in [-0.2, 0) is 65.4 Å². The number of hydrogen-bond donors (Lipinski definition) is 3. The number of phosphoric acid groups is 2. The van der Waals surface area contributed by atoms with Gasteiger partial charge in [0.25, 0.3) is 0 Å². The van der Waals surface area contributed by atoms with E-state index < -0.39 is 97.5 Å². The molecular weight excluding hydrogens is 1280 g/mol. The van der Waals surface area contributed by atoms with Gasteiger partial charge in [0.1, 0.15) is 19.3 Å². The second kappa shape index (κ2) is 68.9. The van der Waals surface area contributed by atoms with E-state index in [2.05, 4.69) is 72.8 Å². The third kappa shape index (κ3) is 70.6. The van der Waals surface area contributed by atoms with E-state index in [1.54, 1.807) is 0 Å². The zero-order valence-corrected chi connectivity index (χ0v) is 65.5. The zero-order chi connectivity index (χ0) is 72.3. The summed E-state index contributed by atoms with van der Waals surface area (Å²) in [6.07, 6.45) is 59.1. The zero-order valence-electron chi connectivity index (χ0n) is 63.7. The van der Waals surface area contributed by atoms with Gasteiger partial charge in [-0.3, -0.25) is 37.3 Å². The maximum Gasteiger partial charge on any atom is 0.472 e. The van der Waals surface area contributed by atoms with Crippen LogP contribution in [0.3, 0.4) is 0 Å². The first-order valence-corrected chi connectivity index (χ1v) is 43.2. The Balaban J connectivity index is 5.29. The van der Waals surface area contributed by atoms with E-state index in [-0.39, 0.29) is 25.7 Å². The number of rotatable bonds is 75. The van der Waals surface area contributed by atoms with Gasteiger partial charge in [-0.25, -0.2) is 9.13 Å². The Morgan fingerprint density at radius 2 is 0.602 bits per heavy atom. The molecule has 0 rings (SSSR count). The predicted molar refractivity (Wildman–Crippen MR) is 400 cm³/mol. The van der Waals surface area contributed by atoms with E-state index in [0.717, 1.165) is 127 Å². The monoisotopic (exact) mass is 1430 g/mol. The molecule has 0 fully saturated rings. The summed E-state index contributed by atoms with van der Waals surface area (Å²) in [4.78, 5) is 72.9. The van der Waals surface area contributed by atoms with Gasteiger partial charge in [-0.15, -0.1) is 0 Å². The van der Waals surface area contributed by atoms with Crippen molar-refractivity contribution in [2.24, 2.45) is 17.8 Å². The molecule has 0 saturated heterocycles. The van der Waals surface area contributed by atoms with Crippen molar-refractivity contribution in [3.63, 3.8) is 0 Å². The summed E-state index contributed by atoms with van der Waals surface area (Å²) in [6, 6.07) is 0. The van der Waals surface area contributed by atoms with Crippen LogP contribution in [0.25, 0.3) is 0 Å². The van der Waals surface area contributed by atoms with Crippen molar-refractivity contribution in [2.75, 3.05) is 39.6 Å². The van der Waals surface area contributed by atoms with Crippen LogP contribution in [0.1, 0.15) is 382 Å². The standard InChI is InChI=1S/C79H150O17P2/c1-8-10-11-12-13-14-15-16-17-23-29-34-39-48-55-63-79(84)96-75(67-90-77(82)61-54-47-42-41-45-52-59-72(7)9-2)69-94-98(87,88)92-65-73(80)64-91-97(85,86)93-68-74(66-89-76(81)60-53-46-38-33-28-25-20-22-27-32-37-44-51-58-71(5)6)95-78(83)62-56-49-40-35-30-24-19-18-21-26-31-36-43-50-57-70(3)4/h14-17,70-75,80H,8-13,18-69H2,1-7H3,(H,85,86)(H,87,88)/b15-14-,17-16-/t72?,73-,74-,75-/m1/s1. The average molecular weight is 1430 g/mol. The number of aliphatic hydroxyl groups excluding tert-OH is 1. The molecule has 3 N–H and O–H groups in total. The second-order valence-corrected chi connectivity index (χ2v) is 31.9. The Bertz CT molecular complexity index is 2000. The minimum atomic E-state index is -4.97. The number of aliphatic hydroxyl groups is 1. The number of carbonyl (C=O) groups excluding carboxylic acids is 4. The molecule has 578 valence electrons. The van der Waals surface area contributed by atoms with Crippen LogP contribution in [0, 0.1) is 17.8 Å². The smallest absolute Gasteiger partial charge is 0.462 e. The first-order chi connectivity index (χ1) is 47.3. The van der Waals surface area contributed by atoms with Gasteiger partial charge in [-0.05, 0) is 69.1 Å². The van der Waals surface area contributed by atoms with E-state index in [0.29, 0.717) is 25.7 Å². The van der Waals surface area contributed by atoms with Gasteiger partial charge in [0.05, 0.1) is 26.4 Å². The lowest BCUT2D eigenvalue weighted by Crippen LogP contribution is -2.30. The molecule has 0 aromatic heterocycles. The molecule has 19 heteroatoms. The van der Waals surface area contributed by atoms with Crippen molar-refractivity contribution in [1.82, 2.24) is 0 Å². The van der Waals surface area contributed by atoms with Crippen molar-refractivity contribution in [2.45, 2.75) is 401 Å². The van der Waals surface area contributed by atoms with Crippen molar-refractivity contribution >= 4 is 39.5 Å². The summed E-state index contributed by atoms with van der Waals surface area (Å²) < 4.78 is 68.6. The maximum absolute atomic E-state index is 13.1. The van der Waals surface area contributed by atoms with Gasteiger partial charge in [0.2, 0.25) is 0 Å². The maximum atomic E-state index is 13.1. The van der Waals surface area contributed by atoms with Crippen LogP contribution in [-0.4, -0.2) is 96.7 Å². The van der Waals surface area contributed by atoms with Crippen LogP contribution in [0.2, 0.25) is 0 Å². The molecule has 0 aliphatic carbocycles. The Hall–Kier alpha value is -2.46. The van der Waals surface area contributed by atoms with Crippen molar-refractivity contribution < 1.29 is 80.2 Å². The Labute approximate surface area is 599 Å². The Kier molecular flexibility index (Phi) is 67.2. The third-order valence-corrected chi connectivity index (χ3v) is 20.0. The van der Waals surface area contributed by atoms with Gasteiger partial charge in [-0.1, -0.05) is 330 Å². The fourth-order valence-corrected chi connectivity index (χ4v) is 13.1. The number of hydrogen-bond acceptors (Lipinski definition) is 15. The molecule has 3 unspecified atom stereocenters. The molecule has 6 atom stereocenters. The van der Waals surface area contributed by atoms with Gasteiger partial charge in [0, 0.05) is 25.7 Å². The first kappa shape index (κ1) is 95.5. The molecule has 0 aromatic rings. The second-order valence-electron chi connectivity index (χ2n) is 29.0. The molecule has 0 radical (unpaired) electrons. The predicted octanol–water partition coefficient (Wildman–Crippen LogP) is 22.9. The van der Waals surface area contributed by atoms with E-state index in [1.807, 2.05) is 0 Å². The molecule has 0 heterocycles. The lowest BCUT2D eigenvalue weighted by Gasteiger charge is -2.21. The highest BCUT2D eigenvalue weighted by Crippen LogP contribution is 2.45. The lowest BCUT2D eigenvalue weighted by atomic mass is 10.00. The first-order valence-electron chi connectivity index (χ1n) is 40.2. The quantitative estimate of drug-likeness (QED) is 0.0169. The van der Waals surface area contributed by atoms with Gasteiger partial charge < -0.3 is 33.8 Å². The number of allylic oxidation sites excluding steroid dienone is 4. The van der Waals surface area contributed by atoms with Crippen LogP contribution in [0.4, 0.5) is 0 Å². The molecule has 0 spiro atoms. The molecule has 0 aliphatic heterocycles. The van der Waals surface area contributed by atoms with Crippen LogP contribution >= 0.6 is 15.6 Å². The molecule has 0 amide bonds. The molecule has 17 nitrogen and oxygen atoms in total. The molecule has 98 heavy (non-hydrogen) atoms. The Morgan fingerprint density at radius 1 is 0.337 bits per heavy atom. The summed E-state index contributed by atoms with van der Waals surface area (Å²) in [7, 11) is -9.93. The normalized spacial score (nSPS) is 14.4. The number of phosphoric ester groups is 2. The molecule has 0 aromatic carbocycles. The van der Waals surface area contributed by atoms with Crippen LogP contribution in [0.5, 0.6) is 0 Å². The fourth-order valence-electron chi connectivity index (χ4n) is 11.6. The minimum Gasteiger partial charge on any atom is -0.462 e. The van der Waals surface area contributed by atoms with E-state index >= 15 is 0 Å². The van der Waals surface area contributed by atoms with Crippen LogP contribution < -0.4 is 0 Å². The van der Waals surface area contributed by atoms with Crippen LogP contribution in [0.15, 0.2) is 24.3 Å². The van der Waals surface area contributed by atoms with Crippen molar-refractivity contribution in [3.05, 3.63) is 24.3 Å². The SMILES string of the molecule is CCCCCC/C=C\C=C/CCCCCCCC(=O)O[C@H](COC(=O)CCCCCCCCC(C)CC)COP(=O)(O)OC[C@H](O)COP(=O)(O)OC[C@@H](COC(=O)CCCCCCCCCCCCCCCC(C)C)OC(=O)CCCCCCCCCCCCCCCCC(C)C. The molecule has 0 saturated carbocycles. The number of esters is 4. The largest absolute Gasteiger partial charge is 0.472 e. The Morgan fingerprint density at radius 3 is 0.908 bits per heavy atom. The highest BCUT2D eigenvalue weighted by Gasteiger charge is 2.30. The molecule has 0 aliphatic rings. The number of ether oxygens (including phenoxy) is 4. The van der Waals surface area contributed by atoms with Gasteiger partial charge in [0.15, 0.2) is 12.2 Å². The summed E-state index contributed by atoms with van der Waals surface area (Å²) in [5, 5.41) is 10.6. The third-order valence-electron chi connectivity index (χ3n) is 18.1. The summed E-state index contributed by atoms with van der Waals surface area (Å²) in [6.45, 7) is 11.9. The highest BCUT2D eigenvalue weighted by molar-refractivity contribution is 7.47. The minimum absolute atomic E-state index is 0.0840. The number of carbonyl (C=O) groups is 4. The van der Waals surface area contributed by atoms with Gasteiger partial charge >= 0.3 is 39.5 Å². The number of unbranched alkanes of at least 4 members (excludes halogenated alkanes) is 39. The summed E-state index contributed by atoms with van der Waals surface area (Å²) >= 11 is 0. The van der Waals surface area contributed by atoms with E-state index in [9.17, 15) is 43.2 Å². The van der Waals surface area contributed by atoms with E-state index in [4.69, 9.17) is 37.0 Å². The fraction of sp³-hybridized carbons (Fsp3) is 0.899. The molecular formula is C79H150O17P2. The summed E-state index contributed by atoms with van der Waals surface area (Å²) in [5.74, 6) is 0.166. The van der Waals surface area contributed by atoms with Crippen molar-refractivity contribution in [1.29, 1.82) is 0 Å². The average Bonchev–Trinajstić information content (AvgIpc) is 0.983. The molecule has 0 bridgehead atoms. The van der Waals surface area contributed by atoms with Gasteiger partial charge in [-0.2, -0.15) is 0 Å². The van der Waals surface area contributed by atoms with E-state index in [1.165, 1.54) is 173 Å². The topological polar surface area (TPSA) is 237 Å². The lowest BCUT2D eigenvalue weighted by molar-refractivity contribution is -0.161. The summed E-state index contributed by atoms with van der Waals surface area (Å²) in [5.41, 5.74) is 0.